The second kappa shape index (κ2) is 7.96. The van der Waals surface area contributed by atoms with E-state index in [9.17, 15) is 9.59 Å². The van der Waals surface area contributed by atoms with Gasteiger partial charge in [0.15, 0.2) is 5.16 Å². The van der Waals surface area contributed by atoms with E-state index in [1.165, 1.54) is 27.8 Å². The van der Waals surface area contributed by atoms with Gasteiger partial charge in [0.25, 0.3) is 11.5 Å². The standard InChI is InChI=1S/C24H20N4O2S2/c1-13-9-14(2)11-17(10-13)25-21(29)20-15(3)19-22(32-20)26-24-28(23(19)30)27-18(12-31-24)16-7-5-4-6-8-16/h4-12,27H,1-3H3,(H,25,29). The molecule has 2 aromatic heterocycles. The summed E-state index contributed by atoms with van der Waals surface area (Å²) in [6.45, 7) is 5.78. The average Bonchev–Trinajstić information content (AvgIpc) is 3.10. The number of anilines is 1. The van der Waals surface area contributed by atoms with Gasteiger partial charge in [0.1, 0.15) is 4.83 Å². The molecule has 32 heavy (non-hydrogen) atoms. The molecule has 2 aromatic carbocycles. The first-order valence-corrected chi connectivity index (χ1v) is 11.8. The molecule has 0 aliphatic carbocycles. The Labute approximate surface area is 193 Å². The number of hydrogen-bond donors (Lipinski definition) is 2. The molecule has 160 valence electrons. The maximum absolute atomic E-state index is 13.3. The molecule has 0 saturated carbocycles. The normalized spacial score (nSPS) is 12.8. The summed E-state index contributed by atoms with van der Waals surface area (Å²) in [6, 6.07) is 15.7. The molecule has 0 saturated heterocycles. The molecule has 6 nitrogen and oxygen atoms in total. The summed E-state index contributed by atoms with van der Waals surface area (Å²) in [7, 11) is 0. The minimum atomic E-state index is -0.235. The SMILES string of the molecule is Cc1cc(C)cc(NC(=O)c2sc3nc4n(c(=O)c3c2C)NC(c2ccccc2)=CS4)c1. The molecule has 2 N–H and O–H groups in total. The number of aryl methyl sites for hydroxylation is 3. The Morgan fingerprint density at radius 1 is 1.06 bits per heavy atom. The summed E-state index contributed by atoms with van der Waals surface area (Å²) in [6.07, 6.45) is 0. The van der Waals surface area contributed by atoms with E-state index in [0.29, 0.717) is 25.8 Å². The van der Waals surface area contributed by atoms with Crippen LogP contribution in [0.25, 0.3) is 15.9 Å². The molecule has 0 bridgehead atoms. The van der Waals surface area contributed by atoms with Crippen molar-refractivity contribution in [1.82, 2.24) is 9.66 Å². The summed E-state index contributed by atoms with van der Waals surface area (Å²) in [4.78, 5) is 32.1. The topological polar surface area (TPSA) is 76.0 Å². The molecule has 0 spiro atoms. The molecule has 4 aromatic rings. The van der Waals surface area contributed by atoms with Crippen LogP contribution in [0.1, 0.15) is 31.9 Å². The molecule has 3 heterocycles. The number of benzene rings is 2. The second-order valence-electron chi connectivity index (χ2n) is 7.73. The highest BCUT2D eigenvalue weighted by Gasteiger charge is 2.24. The summed E-state index contributed by atoms with van der Waals surface area (Å²) >= 11 is 2.63. The van der Waals surface area contributed by atoms with Crippen molar-refractivity contribution in [3.63, 3.8) is 0 Å². The lowest BCUT2D eigenvalue weighted by molar-refractivity contribution is 0.103. The molecule has 0 fully saturated rings. The van der Waals surface area contributed by atoms with Crippen LogP contribution in [-0.4, -0.2) is 15.6 Å². The molecular formula is C24H20N4O2S2. The van der Waals surface area contributed by atoms with E-state index in [2.05, 4.69) is 21.8 Å². The smallest absolute Gasteiger partial charge is 0.282 e. The average molecular weight is 461 g/mol. The van der Waals surface area contributed by atoms with Gasteiger partial charge in [-0.15, -0.1) is 11.3 Å². The number of nitrogens with zero attached hydrogens (tertiary/aromatic N) is 2. The number of fused-ring (bicyclic) bond motifs is 2. The van der Waals surface area contributed by atoms with E-state index in [1.807, 2.05) is 61.7 Å². The number of amides is 1. The first-order chi connectivity index (χ1) is 15.4. The highest BCUT2D eigenvalue weighted by Crippen LogP contribution is 2.32. The molecule has 1 amide bonds. The van der Waals surface area contributed by atoms with E-state index in [1.54, 1.807) is 6.92 Å². The van der Waals surface area contributed by atoms with E-state index in [4.69, 9.17) is 0 Å². The van der Waals surface area contributed by atoms with E-state index < -0.39 is 0 Å². The highest BCUT2D eigenvalue weighted by atomic mass is 32.2. The zero-order valence-corrected chi connectivity index (χ0v) is 19.4. The Morgan fingerprint density at radius 3 is 2.50 bits per heavy atom. The number of thioether (sulfide) groups is 1. The van der Waals surface area contributed by atoms with Crippen molar-refractivity contribution in [3.8, 4) is 0 Å². The van der Waals surface area contributed by atoms with Gasteiger partial charge >= 0.3 is 0 Å². The van der Waals surface area contributed by atoms with Gasteiger partial charge in [-0.1, -0.05) is 48.2 Å². The quantitative estimate of drug-likeness (QED) is 0.407. The molecule has 1 aliphatic heterocycles. The molecule has 0 radical (unpaired) electrons. The maximum atomic E-state index is 13.3. The molecule has 5 rings (SSSR count). The zero-order chi connectivity index (χ0) is 22.4. The van der Waals surface area contributed by atoms with E-state index in [0.717, 1.165) is 28.1 Å². The number of carbonyl (C=O) groups is 1. The minimum absolute atomic E-state index is 0.210. The molecule has 8 heteroatoms. The summed E-state index contributed by atoms with van der Waals surface area (Å²) in [5.74, 6) is -0.235. The monoisotopic (exact) mass is 460 g/mol. The van der Waals surface area contributed by atoms with Crippen molar-refractivity contribution in [2.75, 3.05) is 10.7 Å². The molecule has 0 unspecified atom stereocenters. The number of thiophene rings is 1. The lowest BCUT2D eigenvalue weighted by Gasteiger charge is -2.20. The zero-order valence-electron chi connectivity index (χ0n) is 17.7. The Bertz CT molecular complexity index is 1450. The van der Waals surface area contributed by atoms with Crippen molar-refractivity contribution in [2.24, 2.45) is 0 Å². The van der Waals surface area contributed by atoms with Crippen molar-refractivity contribution in [3.05, 3.63) is 91.4 Å². The van der Waals surface area contributed by atoms with Crippen LogP contribution in [0.4, 0.5) is 5.69 Å². The van der Waals surface area contributed by atoms with Crippen LogP contribution in [0.5, 0.6) is 0 Å². The number of nitrogens with one attached hydrogen (secondary N) is 2. The fourth-order valence-electron chi connectivity index (χ4n) is 3.80. The lowest BCUT2D eigenvalue weighted by Crippen LogP contribution is -2.32. The van der Waals surface area contributed by atoms with Crippen LogP contribution in [-0.2, 0) is 0 Å². The fourth-order valence-corrected chi connectivity index (χ4v) is 5.72. The summed E-state index contributed by atoms with van der Waals surface area (Å²) in [5.41, 5.74) is 8.30. The number of hydrogen-bond acceptors (Lipinski definition) is 6. The highest BCUT2D eigenvalue weighted by molar-refractivity contribution is 8.02. The Hall–Kier alpha value is -3.36. The third-order valence-electron chi connectivity index (χ3n) is 5.22. The van der Waals surface area contributed by atoms with Crippen LogP contribution in [0.15, 0.2) is 63.9 Å². The minimum Gasteiger partial charge on any atom is -0.321 e. The largest absolute Gasteiger partial charge is 0.321 e. The predicted octanol–water partition coefficient (Wildman–Crippen LogP) is 5.28. The van der Waals surface area contributed by atoms with Crippen molar-refractivity contribution < 1.29 is 4.79 Å². The summed E-state index contributed by atoms with van der Waals surface area (Å²) < 4.78 is 1.46. The van der Waals surface area contributed by atoms with Crippen molar-refractivity contribution >= 4 is 50.6 Å². The molecule has 1 aliphatic rings. The van der Waals surface area contributed by atoms with Gasteiger partial charge in [-0.05, 0) is 55.2 Å². The van der Waals surface area contributed by atoms with Gasteiger partial charge in [-0.3, -0.25) is 15.0 Å². The summed E-state index contributed by atoms with van der Waals surface area (Å²) in [5, 5.41) is 5.92. The van der Waals surface area contributed by atoms with Crippen LogP contribution >= 0.6 is 23.1 Å². The molecular weight excluding hydrogens is 440 g/mol. The van der Waals surface area contributed by atoms with Crippen LogP contribution in [0.2, 0.25) is 0 Å². The molecule has 0 atom stereocenters. The predicted molar refractivity (Wildman–Crippen MR) is 132 cm³/mol. The first kappa shape index (κ1) is 20.5. The van der Waals surface area contributed by atoms with Crippen molar-refractivity contribution in [2.45, 2.75) is 25.9 Å². The van der Waals surface area contributed by atoms with Crippen LogP contribution in [0, 0.1) is 20.8 Å². The van der Waals surface area contributed by atoms with Crippen LogP contribution in [0.3, 0.4) is 0 Å². The Morgan fingerprint density at radius 2 is 1.78 bits per heavy atom. The third kappa shape index (κ3) is 3.61. The van der Waals surface area contributed by atoms with Crippen molar-refractivity contribution in [1.29, 1.82) is 0 Å². The van der Waals surface area contributed by atoms with Gasteiger partial charge in [0.05, 0.1) is 16.0 Å². The number of rotatable bonds is 3. The lowest BCUT2D eigenvalue weighted by atomic mass is 10.1. The Kier molecular flexibility index (Phi) is 5.11. The second-order valence-corrected chi connectivity index (χ2v) is 9.56. The van der Waals surface area contributed by atoms with E-state index >= 15 is 0 Å². The van der Waals surface area contributed by atoms with Gasteiger partial charge in [-0.2, -0.15) is 4.68 Å². The van der Waals surface area contributed by atoms with Gasteiger partial charge in [0, 0.05) is 11.1 Å². The van der Waals surface area contributed by atoms with Crippen LogP contribution < -0.4 is 16.3 Å². The Balaban J connectivity index is 1.52. The van der Waals surface area contributed by atoms with Gasteiger partial charge in [-0.25, -0.2) is 4.98 Å². The third-order valence-corrected chi connectivity index (χ3v) is 7.24. The number of aromatic nitrogens is 2. The maximum Gasteiger partial charge on any atom is 0.282 e. The number of carbonyl (C=O) groups excluding carboxylic acids is 1. The first-order valence-electron chi connectivity index (χ1n) is 10.1. The van der Waals surface area contributed by atoms with Gasteiger partial charge < -0.3 is 5.32 Å². The van der Waals surface area contributed by atoms with E-state index in [-0.39, 0.29) is 11.5 Å². The van der Waals surface area contributed by atoms with Gasteiger partial charge in [0.2, 0.25) is 0 Å². The fraction of sp³-hybridized carbons (Fsp3) is 0.125.